The van der Waals surface area contributed by atoms with E-state index in [0.717, 1.165) is 12.8 Å². The largest absolute Gasteiger partial charge is 0.450 e. The van der Waals surface area contributed by atoms with Gasteiger partial charge in [-0.3, -0.25) is 9.69 Å². The molecule has 1 rings (SSSR count). The van der Waals surface area contributed by atoms with Crippen LogP contribution in [0, 0.1) is 5.92 Å². The second-order valence-corrected chi connectivity index (χ2v) is 4.32. The van der Waals surface area contributed by atoms with Crippen molar-refractivity contribution >= 4 is 23.5 Å². The van der Waals surface area contributed by atoms with E-state index in [-0.39, 0.29) is 17.6 Å². The van der Waals surface area contributed by atoms with Gasteiger partial charge in [-0.1, -0.05) is 6.92 Å². The highest BCUT2D eigenvalue weighted by Gasteiger charge is 2.36. The van der Waals surface area contributed by atoms with Crippen LogP contribution in [0.5, 0.6) is 0 Å². The summed E-state index contributed by atoms with van der Waals surface area (Å²) in [7, 11) is 0. The molecule has 1 amide bonds. The fourth-order valence-corrected chi connectivity index (χ4v) is 2.33. The van der Waals surface area contributed by atoms with Crippen molar-refractivity contribution in [3.63, 3.8) is 0 Å². The SMILES string of the molecule is CCOC(=O)N1CCCC(C)C1C(=O)CCl. The molecule has 16 heavy (non-hydrogen) atoms. The van der Waals surface area contributed by atoms with Gasteiger partial charge in [0.25, 0.3) is 0 Å². The third kappa shape index (κ3) is 2.88. The first-order valence-electron chi connectivity index (χ1n) is 5.63. The van der Waals surface area contributed by atoms with Crippen LogP contribution in [0.2, 0.25) is 0 Å². The number of halogens is 1. The molecule has 0 radical (unpaired) electrons. The van der Waals surface area contributed by atoms with E-state index < -0.39 is 12.1 Å². The molecule has 0 aromatic heterocycles. The molecule has 92 valence electrons. The van der Waals surface area contributed by atoms with Gasteiger partial charge < -0.3 is 4.74 Å². The number of Topliss-reactive ketones (excluding diaryl/α,β-unsaturated/α-hetero) is 1. The number of hydrogen-bond donors (Lipinski definition) is 0. The molecule has 0 bridgehead atoms. The molecule has 1 heterocycles. The Kier molecular flexibility index (Phi) is 5.06. The smallest absolute Gasteiger partial charge is 0.410 e. The first kappa shape index (κ1) is 13.3. The molecular formula is C11H18ClNO3. The van der Waals surface area contributed by atoms with Crippen LogP contribution in [0.15, 0.2) is 0 Å². The van der Waals surface area contributed by atoms with E-state index in [1.165, 1.54) is 4.90 Å². The second-order valence-electron chi connectivity index (χ2n) is 4.06. The molecule has 0 aromatic carbocycles. The Morgan fingerprint density at radius 1 is 1.50 bits per heavy atom. The van der Waals surface area contributed by atoms with E-state index in [4.69, 9.17) is 16.3 Å². The number of ketones is 1. The summed E-state index contributed by atoms with van der Waals surface area (Å²) in [4.78, 5) is 24.9. The highest BCUT2D eigenvalue weighted by molar-refractivity contribution is 6.28. The molecule has 1 aliphatic rings. The Bertz CT molecular complexity index is 270. The maximum Gasteiger partial charge on any atom is 0.410 e. The molecule has 0 aliphatic carbocycles. The molecule has 1 aliphatic heterocycles. The molecule has 1 saturated heterocycles. The van der Waals surface area contributed by atoms with E-state index in [9.17, 15) is 9.59 Å². The van der Waals surface area contributed by atoms with Crippen LogP contribution >= 0.6 is 11.6 Å². The third-order valence-electron chi connectivity index (χ3n) is 2.90. The van der Waals surface area contributed by atoms with Gasteiger partial charge in [0, 0.05) is 6.54 Å². The van der Waals surface area contributed by atoms with Crippen molar-refractivity contribution in [2.24, 2.45) is 5.92 Å². The fraction of sp³-hybridized carbons (Fsp3) is 0.818. The standard InChI is InChI=1S/C11H18ClNO3/c1-3-16-11(15)13-6-4-5-8(2)10(13)9(14)7-12/h8,10H,3-7H2,1-2H3. The molecule has 4 nitrogen and oxygen atoms in total. The van der Waals surface area contributed by atoms with Gasteiger partial charge >= 0.3 is 6.09 Å². The van der Waals surface area contributed by atoms with Crippen LogP contribution in [0.1, 0.15) is 26.7 Å². The quantitative estimate of drug-likeness (QED) is 0.717. The van der Waals surface area contributed by atoms with E-state index >= 15 is 0 Å². The minimum atomic E-state index is -0.412. The highest BCUT2D eigenvalue weighted by Crippen LogP contribution is 2.25. The van der Waals surface area contributed by atoms with Crippen molar-refractivity contribution in [3.05, 3.63) is 0 Å². The lowest BCUT2D eigenvalue weighted by atomic mass is 9.89. The molecule has 5 heteroatoms. The molecule has 0 aromatic rings. The summed E-state index contributed by atoms with van der Waals surface area (Å²) < 4.78 is 4.95. The minimum Gasteiger partial charge on any atom is -0.450 e. The summed E-state index contributed by atoms with van der Waals surface area (Å²) in [5, 5.41) is 0. The first-order chi connectivity index (χ1) is 7.61. The maximum atomic E-state index is 11.7. The van der Waals surface area contributed by atoms with Crippen LogP contribution in [0.25, 0.3) is 0 Å². The van der Waals surface area contributed by atoms with Crippen molar-refractivity contribution in [3.8, 4) is 0 Å². The van der Waals surface area contributed by atoms with E-state index in [1.807, 2.05) is 6.92 Å². The zero-order valence-electron chi connectivity index (χ0n) is 9.74. The number of likely N-dealkylation sites (tertiary alicyclic amines) is 1. The number of piperidine rings is 1. The Labute approximate surface area is 101 Å². The fourth-order valence-electron chi connectivity index (χ4n) is 2.17. The van der Waals surface area contributed by atoms with E-state index in [0.29, 0.717) is 13.2 Å². The lowest BCUT2D eigenvalue weighted by Gasteiger charge is -2.37. The van der Waals surface area contributed by atoms with Gasteiger partial charge in [0.05, 0.1) is 18.5 Å². The predicted molar refractivity (Wildman–Crippen MR) is 61.6 cm³/mol. The van der Waals surface area contributed by atoms with Gasteiger partial charge in [-0.25, -0.2) is 4.79 Å². The van der Waals surface area contributed by atoms with E-state index in [1.54, 1.807) is 6.92 Å². The zero-order valence-corrected chi connectivity index (χ0v) is 10.5. The van der Waals surface area contributed by atoms with Gasteiger partial charge in [0.15, 0.2) is 5.78 Å². The summed E-state index contributed by atoms with van der Waals surface area (Å²) in [5.41, 5.74) is 0. The van der Waals surface area contributed by atoms with Crippen molar-refractivity contribution < 1.29 is 14.3 Å². The third-order valence-corrected chi connectivity index (χ3v) is 3.16. The Hall–Kier alpha value is -0.770. The minimum absolute atomic E-state index is 0.0507. The Morgan fingerprint density at radius 3 is 2.75 bits per heavy atom. The van der Waals surface area contributed by atoms with Crippen molar-refractivity contribution in [1.29, 1.82) is 0 Å². The lowest BCUT2D eigenvalue weighted by Crippen LogP contribution is -2.52. The number of hydrogen-bond acceptors (Lipinski definition) is 3. The van der Waals surface area contributed by atoms with Gasteiger partial charge in [-0.15, -0.1) is 11.6 Å². The molecule has 1 fully saturated rings. The van der Waals surface area contributed by atoms with Crippen molar-refractivity contribution in [1.82, 2.24) is 4.90 Å². The monoisotopic (exact) mass is 247 g/mol. The van der Waals surface area contributed by atoms with Crippen LogP contribution < -0.4 is 0 Å². The topological polar surface area (TPSA) is 46.6 Å². The average molecular weight is 248 g/mol. The number of amides is 1. The summed E-state index contributed by atoms with van der Waals surface area (Å²) in [6.07, 6.45) is 1.45. The predicted octanol–water partition coefficient (Wildman–Crippen LogP) is 2.05. The van der Waals surface area contributed by atoms with Crippen LogP contribution in [-0.2, 0) is 9.53 Å². The highest BCUT2D eigenvalue weighted by atomic mass is 35.5. The van der Waals surface area contributed by atoms with Gasteiger partial charge in [0.1, 0.15) is 0 Å². The average Bonchev–Trinajstić information content (AvgIpc) is 2.28. The number of carbonyl (C=O) groups excluding carboxylic acids is 2. The summed E-state index contributed by atoms with van der Waals surface area (Å²) >= 11 is 5.57. The number of nitrogens with zero attached hydrogens (tertiary/aromatic N) is 1. The molecular weight excluding hydrogens is 230 g/mol. The number of alkyl halides is 1. The molecule has 0 N–H and O–H groups in total. The summed E-state index contributed by atoms with van der Waals surface area (Å²) in [6.45, 7) is 4.63. The van der Waals surface area contributed by atoms with Crippen molar-refractivity contribution in [2.75, 3.05) is 19.0 Å². The number of carbonyl (C=O) groups is 2. The Balaban J connectivity index is 2.78. The molecule has 2 unspecified atom stereocenters. The van der Waals surface area contributed by atoms with Gasteiger partial charge in [-0.2, -0.15) is 0 Å². The molecule has 2 atom stereocenters. The maximum absolute atomic E-state index is 11.7. The molecule has 0 spiro atoms. The first-order valence-corrected chi connectivity index (χ1v) is 6.17. The lowest BCUT2D eigenvalue weighted by molar-refractivity contribution is -0.124. The molecule has 0 saturated carbocycles. The number of rotatable bonds is 3. The van der Waals surface area contributed by atoms with E-state index in [2.05, 4.69) is 0 Å². The van der Waals surface area contributed by atoms with Gasteiger partial charge in [-0.05, 0) is 25.7 Å². The zero-order chi connectivity index (χ0) is 12.1. The summed E-state index contributed by atoms with van der Waals surface area (Å²) in [5.74, 6) is 0.0107. The van der Waals surface area contributed by atoms with Gasteiger partial charge in [0.2, 0.25) is 0 Å². The van der Waals surface area contributed by atoms with Crippen LogP contribution in [0.3, 0.4) is 0 Å². The second kappa shape index (κ2) is 6.09. The normalized spacial score (nSPS) is 25.3. The number of ether oxygens (including phenoxy) is 1. The van der Waals surface area contributed by atoms with Crippen LogP contribution in [-0.4, -0.2) is 41.8 Å². The van der Waals surface area contributed by atoms with Crippen molar-refractivity contribution in [2.45, 2.75) is 32.7 Å². The Morgan fingerprint density at radius 2 is 2.19 bits per heavy atom. The summed E-state index contributed by atoms with van der Waals surface area (Å²) in [6, 6.07) is -0.412. The van der Waals surface area contributed by atoms with Crippen LogP contribution in [0.4, 0.5) is 4.79 Å².